The molecule has 154 valence electrons. The van der Waals surface area contributed by atoms with Crippen molar-refractivity contribution in [3.8, 4) is 11.3 Å². The van der Waals surface area contributed by atoms with Crippen LogP contribution in [0.3, 0.4) is 0 Å². The van der Waals surface area contributed by atoms with E-state index in [4.69, 9.17) is 5.10 Å². The largest absolute Gasteiger partial charge is 0.361 e. The smallest absolute Gasteiger partial charge is 0.154 e. The lowest BCUT2D eigenvalue weighted by atomic mass is 10.0. The summed E-state index contributed by atoms with van der Waals surface area (Å²) in [6.45, 7) is 0.735. The average molecular weight is 415 g/mol. The van der Waals surface area contributed by atoms with E-state index in [1.807, 2.05) is 47.2 Å². The molecule has 6 rings (SSSR count). The SMILES string of the molecule is Fc1ccc(F)c(C2CCCN2c2ccc3ncc(-c4ccc5[nH]ccc5c4)n3n2)c1. The maximum absolute atomic E-state index is 14.5. The minimum absolute atomic E-state index is 0.246. The first-order valence-corrected chi connectivity index (χ1v) is 10.3. The summed E-state index contributed by atoms with van der Waals surface area (Å²) >= 11 is 0. The predicted octanol–water partition coefficient (Wildman–Crippen LogP) is 5.50. The number of benzene rings is 2. The quantitative estimate of drug-likeness (QED) is 0.423. The summed E-state index contributed by atoms with van der Waals surface area (Å²) in [6.07, 6.45) is 5.37. The van der Waals surface area contributed by atoms with Gasteiger partial charge >= 0.3 is 0 Å². The standard InChI is InChI=1S/C24H19F2N5/c25-17-4-5-19(26)18(13-17)21-2-1-11-30(21)24-8-7-23-28-14-22(31(23)29-24)16-3-6-20-15(12-16)9-10-27-20/h3-10,12-14,21,27H,1-2,11H2. The molecule has 0 saturated carbocycles. The fourth-order valence-electron chi connectivity index (χ4n) is 4.56. The van der Waals surface area contributed by atoms with Crippen LogP contribution in [0.4, 0.5) is 14.6 Å². The normalized spacial score (nSPS) is 16.6. The number of halogens is 2. The van der Waals surface area contributed by atoms with E-state index in [2.05, 4.69) is 20.9 Å². The van der Waals surface area contributed by atoms with Crippen LogP contribution in [-0.2, 0) is 0 Å². The van der Waals surface area contributed by atoms with Crippen LogP contribution in [0.25, 0.3) is 27.8 Å². The molecule has 1 aliphatic rings. The topological polar surface area (TPSA) is 49.2 Å². The van der Waals surface area contributed by atoms with Gasteiger partial charge in [0.25, 0.3) is 0 Å². The minimum atomic E-state index is -0.427. The third-order valence-corrected chi connectivity index (χ3v) is 6.06. The van der Waals surface area contributed by atoms with E-state index in [0.29, 0.717) is 5.56 Å². The van der Waals surface area contributed by atoms with Gasteiger partial charge in [0.15, 0.2) is 5.65 Å². The molecule has 1 saturated heterocycles. The van der Waals surface area contributed by atoms with E-state index >= 15 is 0 Å². The van der Waals surface area contributed by atoms with Crippen molar-refractivity contribution < 1.29 is 8.78 Å². The molecule has 0 bridgehead atoms. The van der Waals surface area contributed by atoms with Gasteiger partial charge < -0.3 is 9.88 Å². The summed E-state index contributed by atoms with van der Waals surface area (Å²) < 4.78 is 30.1. The maximum atomic E-state index is 14.5. The molecule has 1 aliphatic heterocycles. The second-order valence-corrected chi connectivity index (χ2v) is 7.90. The molecule has 0 amide bonds. The van der Waals surface area contributed by atoms with Crippen LogP contribution >= 0.6 is 0 Å². The number of nitrogens with one attached hydrogen (secondary N) is 1. The first-order valence-electron chi connectivity index (χ1n) is 10.3. The zero-order valence-corrected chi connectivity index (χ0v) is 16.6. The Kier molecular flexibility index (Phi) is 4.02. The number of fused-ring (bicyclic) bond motifs is 2. The molecule has 7 heteroatoms. The van der Waals surface area contributed by atoms with Gasteiger partial charge in [0, 0.05) is 34.8 Å². The number of aromatic nitrogens is 4. The molecule has 0 spiro atoms. The number of hydrogen-bond acceptors (Lipinski definition) is 3. The van der Waals surface area contributed by atoms with E-state index in [9.17, 15) is 8.78 Å². The summed E-state index contributed by atoms with van der Waals surface area (Å²) in [5, 5.41) is 5.96. The van der Waals surface area contributed by atoms with E-state index in [1.165, 1.54) is 12.1 Å². The van der Waals surface area contributed by atoms with Crippen molar-refractivity contribution in [1.29, 1.82) is 0 Å². The monoisotopic (exact) mass is 415 g/mol. The van der Waals surface area contributed by atoms with Crippen LogP contribution < -0.4 is 4.90 Å². The summed E-state index contributed by atoms with van der Waals surface area (Å²) in [4.78, 5) is 9.75. The van der Waals surface area contributed by atoms with Crippen molar-refractivity contribution in [1.82, 2.24) is 19.6 Å². The van der Waals surface area contributed by atoms with Crippen LogP contribution in [-0.4, -0.2) is 26.1 Å². The number of imidazole rings is 1. The lowest BCUT2D eigenvalue weighted by molar-refractivity contribution is 0.559. The fraction of sp³-hybridized carbons (Fsp3) is 0.167. The van der Waals surface area contributed by atoms with Gasteiger partial charge in [-0.25, -0.2) is 18.3 Å². The Morgan fingerprint density at radius 1 is 1.00 bits per heavy atom. The molecule has 1 atom stereocenters. The highest BCUT2D eigenvalue weighted by atomic mass is 19.1. The molecule has 1 fully saturated rings. The van der Waals surface area contributed by atoms with E-state index in [-0.39, 0.29) is 11.9 Å². The Morgan fingerprint density at radius 3 is 2.87 bits per heavy atom. The van der Waals surface area contributed by atoms with Gasteiger partial charge in [-0.05, 0) is 61.4 Å². The molecule has 2 aromatic carbocycles. The van der Waals surface area contributed by atoms with Crippen molar-refractivity contribution in [3.05, 3.63) is 84.2 Å². The zero-order valence-electron chi connectivity index (χ0n) is 16.6. The average Bonchev–Trinajstić information content (AvgIpc) is 3.53. The van der Waals surface area contributed by atoms with Crippen LogP contribution in [0.1, 0.15) is 24.4 Å². The van der Waals surface area contributed by atoms with Crippen molar-refractivity contribution >= 4 is 22.4 Å². The lowest BCUT2D eigenvalue weighted by Crippen LogP contribution is -2.25. The molecule has 0 radical (unpaired) electrons. The van der Waals surface area contributed by atoms with E-state index in [1.54, 1.807) is 0 Å². The number of aromatic amines is 1. The number of H-pyrrole nitrogens is 1. The Bertz CT molecular complexity index is 1420. The maximum Gasteiger partial charge on any atom is 0.154 e. The van der Waals surface area contributed by atoms with Gasteiger partial charge in [0.2, 0.25) is 0 Å². The molecule has 31 heavy (non-hydrogen) atoms. The Hall–Kier alpha value is -3.74. The first kappa shape index (κ1) is 18.1. The molecule has 1 N–H and O–H groups in total. The number of anilines is 1. The van der Waals surface area contributed by atoms with Crippen molar-refractivity contribution in [2.24, 2.45) is 0 Å². The summed E-state index contributed by atoms with van der Waals surface area (Å²) in [6, 6.07) is 15.4. The summed E-state index contributed by atoms with van der Waals surface area (Å²) in [5.74, 6) is -0.0909. The highest BCUT2D eigenvalue weighted by Gasteiger charge is 2.30. The third kappa shape index (κ3) is 2.96. The predicted molar refractivity (Wildman–Crippen MR) is 116 cm³/mol. The summed E-state index contributed by atoms with van der Waals surface area (Å²) in [7, 11) is 0. The molecular weight excluding hydrogens is 396 g/mol. The minimum Gasteiger partial charge on any atom is -0.361 e. The highest BCUT2D eigenvalue weighted by Crippen LogP contribution is 2.37. The highest BCUT2D eigenvalue weighted by molar-refractivity contribution is 5.84. The molecule has 4 heterocycles. The second kappa shape index (κ2) is 6.91. The van der Waals surface area contributed by atoms with Crippen molar-refractivity contribution in [2.45, 2.75) is 18.9 Å². The Balaban J connectivity index is 1.43. The Morgan fingerprint density at radius 2 is 1.94 bits per heavy atom. The van der Waals surface area contributed by atoms with Gasteiger partial charge in [0.1, 0.15) is 17.5 Å². The second-order valence-electron chi connectivity index (χ2n) is 7.90. The van der Waals surface area contributed by atoms with Gasteiger partial charge in [-0.2, -0.15) is 0 Å². The van der Waals surface area contributed by atoms with Crippen LogP contribution in [0.5, 0.6) is 0 Å². The van der Waals surface area contributed by atoms with Crippen LogP contribution in [0, 0.1) is 11.6 Å². The lowest BCUT2D eigenvalue weighted by Gasteiger charge is -2.26. The van der Waals surface area contributed by atoms with Crippen molar-refractivity contribution in [2.75, 3.05) is 11.4 Å². The number of nitrogens with zero attached hydrogens (tertiary/aromatic N) is 4. The molecule has 1 unspecified atom stereocenters. The Labute approximate surface area is 177 Å². The number of hydrogen-bond donors (Lipinski definition) is 1. The third-order valence-electron chi connectivity index (χ3n) is 6.06. The number of rotatable bonds is 3. The van der Waals surface area contributed by atoms with E-state index < -0.39 is 5.82 Å². The molecule has 5 nitrogen and oxygen atoms in total. The van der Waals surface area contributed by atoms with Gasteiger partial charge in [-0.3, -0.25) is 0 Å². The fourth-order valence-corrected chi connectivity index (χ4v) is 4.56. The van der Waals surface area contributed by atoms with Gasteiger partial charge in [-0.1, -0.05) is 6.07 Å². The van der Waals surface area contributed by atoms with Crippen molar-refractivity contribution in [3.63, 3.8) is 0 Å². The summed E-state index contributed by atoms with van der Waals surface area (Å²) in [5.41, 5.74) is 4.08. The molecule has 5 aromatic rings. The van der Waals surface area contributed by atoms with Crippen LogP contribution in [0.15, 0.2) is 67.0 Å². The van der Waals surface area contributed by atoms with Crippen LogP contribution in [0.2, 0.25) is 0 Å². The van der Waals surface area contributed by atoms with E-state index in [0.717, 1.165) is 59.1 Å². The molecule has 0 aliphatic carbocycles. The van der Waals surface area contributed by atoms with Gasteiger partial charge in [-0.15, -0.1) is 5.10 Å². The zero-order chi connectivity index (χ0) is 20.9. The first-order chi connectivity index (χ1) is 15.2. The molecule has 3 aromatic heterocycles. The molecular formula is C24H19F2N5. The van der Waals surface area contributed by atoms with Gasteiger partial charge in [0.05, 0.1) is 17.9 Å².